The molecule has 9 rings (SSSR count). The number of halogens is 5. The van der Waals surface area contributed by atoms with Crippen LogP contribution in [0.2, 0.25) is 10.0 Å². The molecule has 2 aliphatic carbocycles. The lowest BCUT2D eigenvalue weighted by atomic mass is 9.48. The molecular weight excluding hydrogens is 812 g/mol. The molecule has 3 aromatic carbocycles. The van der Waals surface area contributed by atoms with Crippen LogP contribution in [0.5, 0.6) is 17.2 Å². The van der Waals surface area contributed by atoms with Crippen LogP contribution in [0.1, 0.15) is 35.1 Å². The third kappa shape index (κ3) is 6.22. The first-order valence-electron chi connectivity index (χ1n) is 18.8. The van der Waals surface area contributed by atoms with Crippen LogP contribution in [0.25, 0.3) is 0 Å². The highest BCUT2D eigenvalue weighted by molar-refractivity contribution is 6.33. The Hall–Kier alpha value is -5.86. The van der Waals surface area contributed by atoms with Gasteiger partial charge in [-0.3, -0.25) is 29.5 Å². The first-order valence-corrected chi connectivity index (χ1v) is 19.6. The fourth-order valence-corrected chi connectivity index (χ4v) is 10.1. The molecule has 4 heterocycles. The van der Waals surface area contributed by atoms with Crippen molar-refractivity contribution in [1.29, 1.82) is 0 Å². The van der Waals surface area contributed by atoms with Gasteiger partial charge in [-0.1, -0.05) is 59.1 Å². The maximum absolute atomic E-state index is 15.4. The zero-order valence-corrected chi connectivity index (χ0v) is 32.3. The maximum Gasteiger partial charge on any atom is 0.417 e. The number of anilines is 1. The van der Waals surface area contributed by atoms with E-state index in [1.807, 2.05) is 6.08 Å². The van der Waals surface area contributed by atoms with Crippen molar-refractivity contribution in [2.45, 2.75) is 37.3 Å². The lowest BCUT2D eigenvalue weighted by Crippen LogP contribution is -2.55. The molecule has 3 aliphatic heterocycles. The molecule has 3 fully saturated rings. The molecule has 4 aromatic rings. The molecule has 6 unspecified atom stereocenters. The topological polar surface area (TPSA) is 149 Å². The number of aromatic hydroxyl groups is 2. The number of alkyl halides is 3. The van der Waals surface area contributed by atoms with Crippen molar-refractivity contribution < 1.29 is 47.3 Å². The average Bonchev–Trinajstić information content (AvgIpc) is 3.58. The van der Waals surface area contributed by atoms with Gasteiger partial charge in [-0.15, -0.1) is 0 Å². The Kier molecular flexibility index (Phi) is 9.27. The van der Waals surface area contributed by atoms with Crippen molar-refractivity contribution in [3.05, 3.63) is 135 Å². The molecule has 16 heteroatoms. The van der Waals surface area contributed by atoms with E-state index in [9.17, 15) is 37.8 Å². The standard InChI is InChI=1S/C43H33Cl2F3N4O7/c44-26-5-3-24(4-6-26)42-32(39(56)52(41(42)58)50-37-33(45)17-25(19-49-37)43(46,47)48)18-31-29(36(42)23-15-22-16-28(54)9-12-34(22)59-20-23)10-11-30-35(31)40(57)51(38(30)55)14-13-21-1-7-27(53)8-2-21/h1-10,12,16-17,19-20,30-32,35-36,53-54H,11,13-15,18H2,(H,49,50). The molecule has 59 heavy (non-hydrogen) atoms. The summed E-state index contributed by atoms with van der Waals surface area (Å²) in [5.74, 6) is -6.54. The summed E-state index contributed by atoms with van der Waals surface area (Å²) in [5.41, 5.74) is 2.78. The molecule has 3 N–H and O–H groups in total. The Balaban J connectivity index is 1.17. The fraction of sp³-hybridized carbons (Fsp3) is 0.279. The van der Waals surface area contributed by atoms with E-state index in [1.54, 1.807) is 48.5 Å². The highest BCUT2D eigenvalue weighted by atomic mass is 35.5. The summed E-state index contributed by atoms with van der Waals surface area (Å²) in [5, 5.41) is 20.8. The first-order chi connectivity index (χ1) is 28.2. The van der Waals surface area contributed by atoms with Crippen molar-refractivity contribution in [2.24, 2.45) is 29.6 Å². The summed E-state index contributed by atoms with van der Waals surface area (Å²) in [7, 11) is 0. The number of fused-ring (bicyclic) bond motifs is 5. The van der Waals surface area contributed by atoms with Crippen molar-refractivity contribution in [1.82, 2.24) is 14.9 Å². The highest BCUT2D eigenvalue weighted by Crippen LogP contribution is 2.63. The zero-order valence-electron chi connectivity index (χ0n) is 30.7. The molecule has 0 radical (unpaired) electrons. The summed E-state index contributed by atoms with van der Waals surface area (Å²) in [4.78, 5) is 64.0. The number of ether oxygens (including phenoxy) is 1. The molecule has 5 aliphatic rings. The van der Waals surface area contributed by atoms with Crippen molar-refractivity contribution >= 4 is 52.6 Å². The molecule has 0 bridgehead atoms. The molecule has 11 nitrogen and oxygen atoms in total. The van der Waals surface area contributed by atoms with Gasteiger partial charge in [-0.05, 0) is 90.4 Å². The minimum atomic E-state index is -4.76. The summed E-state index contributed by atoms with van der Waals surface area (Å²) in [6, 6.07) is 18.2. The van der Waals surface area contributed by atoms with E-state index in [1.165, 1.54) is 29.4 Å². The monoisotopic (exact) mass is 844 g/mol. The smallest absolute Gasteiger partial charge is 0.417 e. The summed E-state index contributed by atoms with van der Waals surface area (Å²) >= 11 is 12.7. The van der Waals surface area contributed by atoms with Gasteiger partial charge in [-0.25, -0.2) is 4.98 Å². The second-order valence-corrected chi connectivity index (χ2v) is 16.3. The molecule has 0 spiro atoms. The highest BCUT2D eigenvalue weighted by Gasteiger charge is 2.70. The van der Waals surface area contributed by atoms with E-state index in [2.05, 4.69) is 10.4 Å². The normalized spacial score (nSPS) is 26.1. The van der Waals surface area contributed by atoms with Crippen molar-refractivity contribution in [2.75, 3.05) is 12.0 Å². The van der Waals surface area contributed by atoms with Gasteiger partial charge >= 0.3 is 6.18 Å². The van der Waals surface area contributed by atoms with E-state index in [0.29, 0.717) is 51.7 Å². The number of benzene rings is 3. The molecule has 1 aromatic heterocycles. The number of likely N-dealkylation sites (tertiary alicyclic amines) is 1. The van der Waals surface area contributed by atoms with Gasteiger partial charge in [0.25, 0.3) is 11.8 Å². The molecular formula is C43H33Cl2F3N4O7. The number of carbonyl (C=O) groups is 4. The van der Waals surface area contributed by atoms with Crippen LogP contribution < -0.4 is 10.2 Å². The number of rotatable bonds is 7. The lowest BCUT2D eigenvalue weighted by molar-refractivity contribution is -0.141. The number of imide groups is 2. The van der Waals surface area contributed by atoms with Gasteiger partial charge in [0.1, 0.15) is 17.2 Å². The van der Waals surface area contributed by atoms with Crippen LogP contribution in [-0.2, 0) is 43.6 Å². The van der Waals surface area contributed by atoms with Gasteiger partial charge in [0.05, 0.1) is 40.0 Å². The Morgan fingerprint density at radius 3 is 2.34 bits per heavy atom. The minimum absolute atomic E-state index is 0.0222. The number of phenols is 2. The minimum Gasteiger partial charge on any atom is -0.508 e. The van der Waals surface area contributed by atoms with Crippen LogP contribution in [-0.4, -0.2) is 55.3 Å². The second kappa shape index (κ2) is 14.2. The molecule has 6 atom stereocenters. The van der Waals surface area contributed by atoms with Gasteiger partial charge in [-0.2, -0.15) is 18.2 Å². The quantitative estimate of drug-likeness (QED) is 0.128. The number of pyridine rings is 1. The van der Waals surface area contributed by atoms with Gasteiger partial charge in [0.2, 0.25) is 11.8 Å². The number of carbonyl (C=O) groups excluding carboxylic acids is 4. The van der Waals surface area contributed by atoms with Crippen molar-refractivity contribution in [3.8, 4) is 17.2 Å². The van der Waals surface area contributed by atoms with Gasteiger partial charge in [0.15, 0.2) is 5.82 Å². The summed E-state index contributed by atoms with van der Waals surface area (Å²) < 4.78 is 46.7. The number of hydrogen-bond acceptors (Lipinski definition) is 9. The number of amides is 4. The SMILES string of the molecule is O=C1C2CC=C3C(CC4C(=O)N(Nc5ncc(C(F)(F)F)cc5Cl)C(=O)C4(c4ccc(Cl)cc4)C3C3=COc4ccc(O)cc4C3)C2C(=O)N1CCc1ccc(O)cc1. The maximum atomic E-state index is 15.4. The molecule has 4 amide bonds. The number of phenolic OH excluding ortho intramolecular Hbond substituents is 2. The van der Waals surface area contributed by atoms with E-state index >= 15 is 4.79 Å². The van der Waals surface area contributed by atoms with Crippen LogP contribution in [0.3, 0.4) is 0 Å². The number of allylic oxidation sites excluding steroid dienone is 3. The number of nitrogens with zero attached hydrogens (tertiary/aromatic N) is 3. The Labute approximate surface area is 344 Å². The lowest BCUT2D eigenvalue weighted by Gasteiger charge is -2.51. The molecule has 2 saturated heterocycles. The number of hydrogen-bond donors (Lipinski definition) is 3. The average molecular weight is 846 g/mol. The molecule has 1 saturated carbocycles. The predicted molar refractivity (Wildman–Crippen MR) is 207 cm³/mol. The summed E-state index contributed by atoms with van der Waals surface area (Å²) in [6.07, 6.45) is -0.172. The fourth-order valence-electron chi connectivity index (χ4n) is 9.79. The summed E-state index contributed by atoms with van der Waals surface area (Å²) in [6.45, 7) is 0.0916. The largest absolute Gasteiger partial charge is 0.508 e. The Morgan fingerprint density at radius 1 is 0.898 bits per heavy atom. The van der Waals surface area contributed by atoms with E-state index < -0.39 is 69.5 Å². The van der Waals surface area contributed by atoms with Crippen LogP contribution in [0.4, 0.5) is 19.0 Å². The number of hydrazine groups is 1. The Morgan fingerprint density at radius 2 is 1.63 bits per heavy atom. The van der Waals surface area contributed by atoms with E-state index in [-0.39, 0.29) is 49.0 Å². The van der Waals surface area contributed by atoms with Crippen LogP contribution >= 0.6 is 23.2 Å². The number of nitrogens with one attached hydrogen (secondary N) is 1. The molecule has 302 valence electrons. The predicted octanol–water partition coefficient (Wildman–Crippen LogP) is 7.40. The number of aromatic nitrogens is 1. The third-order valence-corrected chi connectivity index (χ3v) is 12.9. The van der Waals surface area contributed by atoms with Crippen LogP contribution in [0.15, 0.2) is 102 Å². The van der Waals surface area contributed by atoms with Gasteiger partial charge < -0.3 is 14.9 Å². The third-order valence-electron chi connectivity index (χ3n) is 12.4. The zero-order chi connectivity index (χ0) is 41.5. The van der Waals surface area contributed by atoms with Crippen molar-refractivity contribution in [3.63, 3.8) is 0 Å². The van der Waals surface area contributed by atoms with E-state index in [0.717, 1.165) is 10.6 Å². The Bertz CT molecular complexity index is 2510. The van der Waals surface area contributed by atoms with E-state index in [4.69, 9.17) is 27.9 Å². The van der Waals surface area contributed by atoms with Crippen LogP contribution in [0, 0.1) is 29.6 Å². The van der Waals surface area contributed by atoms with Gasteiger partial charge in [0, 0.05) is 35.7 Å². The second-order valence-electron chi connectivity index (χ2n) is 15.4. The first kappa shape index (κ1) is 38.6.